The maximum absolute atomic E-state index is 12.0. The normalized spacial score (nSPS) is 39.4. The molecular formula is C17H30BNO4. The predicted molar refractivity (Wildman–Crippen MR) is 88.5 cm³/mol. The van der Waals surface area contributed by atoms with Crippen molar-refractivity contribution < 1.29 is 18.8 Å². The van der Waals surface area contributed by atoms with Gasteiger partial charge in [0.15, 0.2) is 0 Å². The van der Waals surface area contributed by atoms with Crippen LogP contribution in [0.25, 0.3) is 0 Å². The molecule has 4 aliphatic rings. The van der Waals surface area contributed by atoms with E-state index in [9.17, 15) is 4.79 Å². The summed E-state index contributed by atoms with van der Waals surface area (Å²) in [5.74, 6) is 0.405. The summed E-state index contributed by atoms with van der Waals surface area (Å²) in [5, 5.41) is 0. The van der Waals surface area contributed by atoms with E-state index >= 15 is 0 Å². The van der Waals surface area contributed by atoms with Crippen LogP contribution in [0.5, 0.6) is 0 Å². The standard InChI is InChI=1S/C17H30BNO4/c1-15(2,3)21-14(20)9-13(19)18-22-12-8-10-7-11(16(10,4)5)17(12,6)23-18/h10-13H,7-9,19H2,1-6H3/t10-,11-,12+,13?,17-/m0/s1. The Balaban J connectivity index is 1.62. The minimum atomic E-state index is -0.521. The molecule has 1 saturated heterocycles. The third-order valence-corrected chi connectivity index (χ3v) is 6.14. The van der Waals surface area contributed by atoms with E-state index in [0.29, 0.717) is 17.3 Å². The summed E-state index contributed by atoms with van der Waals surface area (Å²) in [4.78, 5) is 12.0. The molecule has 5 atom stereocenters. The second-order valence-electron chi connectivity index (χ2n) is 9.29. The first-order chi connectivity index (χ1) is 10.4. The molecule has 1 heterocycles. The Hall–Kier alpha value is -0.585. The molecule has 1 aliphatic heterocycles. The average Bonchev–Trinajstić information content (AvgIpc) is 2.72. The van der Waals surface area contributed by atoms with E-state index < -0.39 is 18.7 Å². The Morgan fingerprint density at radius 3 is 2.57 bits per heavy atom. The van der Waals surface area contributed by atoms with Gasteiger partial charge >= 0.3 is 13.1 Å². The van der Waals surface area contributed by atoms with Crippen LogP contribution >= 0.6 is 0 Å². The predicted octanol–water partition coefficient (Wildman–Crippen LogP) is 2.31. The molecule has 0 aromatic heterocycles. The molecule has 5 nitrogen and oxygen atoms in total. The number of ether oxygens (including phenoxy) is 1. The first kappa shape index (κ1) is 17.2. The largest absolute Gasteiger partial charge is 0.476 e. The summed E-state index contributed by atoms with van der Waals surface area (Å²) >= 11 is 0. The molecule has 0 radical (unpaired) electrons. The maximum Gasteiger partial charge on any atom is 0.476 e. The summed E-state index contributed by atoms with van der Waals surface area (Å²) in [6.45, 7) is 12.4. The molecule has 4 rings (SSSR count). The fourth-order valence-electron chi connectivity index (χ4n) is 4.75. The van der Waals surface area contributed by atoms with Gasteiger partial charge in [-0.05, 0) is 57.8 Å². The van der Waals surface area contributed by atoms with Crippen LogP contribution in [0.3, 0.4) is 0 Å². The number of carbonyl (C=O) groups is 1. The smallest absolute Gasteiger partial charge is 0.460 e. The second-order valence-corrected chi connectivity index (χ2v) is 9.29. The summed E-state index contributed by atoms with van der Waals surface area (Å²) in [7, 11) is -0.521. The van der Waals surface area contributed by atoms with Gasteiger partial charge in [0.05, 0.1) is 18.1 Å². The first-order valence-corrected chi connectivity index (χ1v) is 8.74. The molecule has 23 heavy (non-hydrogen) atoms. The Bertz CT molecular complexity index is 503. The van der Waals surface area contributed by atoms with Gasteiger partial charge in [-0.15, -0.1) is 0 Å². The van der Waals surface area contributed by atoms with Gasteiger partial charge in [0.2, 0.25) is 0 Å². The number of hydrogen-bond acceptors (Lipinski definition) is 5. The molecule has 0 aromatic rings. The summed E-state index contributed by atoms with van der Waals surface area (Å²) in [6, 6.07) is 0. The molecule has 0 spiro atoms. The van der Waals surface area contributed by atoms with Gasteiger partial charge in [0.1, 0.15) is 5.60 Å². The molecular weight excluding hydrogens is 293 g/mol. The molecule has 6 heteroatoms. The Kier molecular flexibility index (Phi) is 3.90. The van der Waals surface area contributed by atoms with Gasteiger partial charge in [-0.2, -0.15) is 0 Å². The lowest BCUT2D eigenvalue weighted by atomic mass is 9.43. The van der Waals surface area contributed by atoms with E-state index in [1.807, 2.05) is 20.8 Å². The van der Waals surface area contributed by atoms with Gasteiger partial charge in [-0.3, -0.25) is 4.79 Å². The highest BCUT2D eigenvalue weighted by Gasteiger charge is 2.68. The van der Waals surface area contributed by atoms with Crippen LogP contribution in [-0.4, -0.2) is 36.3 Å². The second kappa shape index (κ2) is 5.20. The zero-order valence-electron chi connectivity index (χ0n) is 15.2. The first-order valence-electron chi connectivity index (χ1n) is 8.74. The molecule has 3 saturated carbocycles. The van der Waals surface area contributed by atoms with Crippen LogP contribution < -0.4 is 5.73 Å². The molecule has 0 aromatic carbocycles. The van der Waals surface area contributed by atoms with Crippen molar-refractivity contribution in [1.82, 2.24) is 0 Å². The van der Waals surface area contributed by atoms with Gasteiger partial charge in [-0.1, -0.05) is 13.8 Å². The van der Waals surface area contributed by atoms with Gasteiger partial charge in [0.25, 0.3) is 0 Å². The van der Waals surface area contributed by atoms with Crippen molar-refractivity contribution in [3.05, 3.63) is 0 Å². The highest BCUT2D eigenvalue weighted by atomic mass is 16.7. The number of hydrogen-bond donors (Lipinski definition) is 1. The van der Waals surface area contributed by atoms with Crippen molar-refractivity contribution >= 4 is 13.1 Å². The van der Waals surface area contributed by atoms with Crippen molar-refractivity contribution in [2.45, 2.75) is 84.1 Å². The molecule has 0 amide bonds. The number of esters is 1. The van der Waals surface area contributed by atoms with Crippen molar-refractivity contribution in [1.29, 1.82) is 0 Å². The summed E-state index contributed by atoms with van der Waals surface area (Å²) in [6.07, 6.45) is 2.43. The zero-order valence-corrected chi connectivity index (χ0v) is 15.2. The van der Waals surface area contributed by atoms with E-state index in [0.717, 1.165) is 6.42 Å². The van der Waals surface area contributed by atoms with Crippen molar-refractivity contribution in [2.75, 3.05) is 0 Å². The zero-order chi connectivity index (χ0) is 17.2. The van der Waals surface area contributed by atoms with Crippen LogP contribution in [-0.2, 0) is 18.8 Å². The highest BCUT2D eigenvalue weighted by Crippen LogP contribution is 2.65. The fourth-order valence-corrected chi connectivity index (χ4v) is 4.75. The van der Waals surface area contributed by atoms with Gasteiger partial charge in [-0.25, -0.2) is 0 Å². The van der Waals surface area contributed by atoms with Gasteiger partial charge in [0, 0.05) is 5.94 Å². The van der Waals surface area contributed by atoms with E-state index in [1.165, 1.54) is 6.42 Å². The lowest BCUT2D eigenvalue weighted by Crippen LogP contribution is -2.65. The summed E-state index contributed by atoms with van der Waals surface area (Å²) < 4.78 is 17.7. The molecule has 3 aliphatic carbocycles. The van der Waals surface area contributed by atoms with Crippen molar-refractivity contribution in [2.24, 2.45) is 23.0 Å². The Morgan fingerprint density at radius 2 is 2.00 bits per heavy atom. The minimum Gasteiger partial charge on any atom is -0.460 e. The van der Waals surface area contributed by atoms with Crippen LogP contribution in [0, 0.1) is 17.3 Å². The third-order valence-electron chi connectivity index (χ3n) is 6.14. The Morgan fingerprint density at radius 1 is 1.35 bits per heavy atom. The van der Waals surface area contributed by atoms with Crippen LogP contribution in [0.4, 0.5) is 0 Å². The molecule has 2 bridgehead atoms. The lowest BCUT2D eigenvalue weighted by Gasteiger charge is -2.64. The van der Waals surface area contributed by atoms with E-state index in [1.54, 1.807) is 0 Å². The quantitative estimate of drug-likeness (QED) is 0.637. The highest BCUT2D eigenvalue weighted by molar-refractivity contribution is 6.47. The minimum absolute atomic E-state index is 0.0916. The van der Waals surface area contributed by atoms with Crippen LogP contribution in [0.1, 0.15) is 60.8 Å². The Labute approximate surface area is 139 Å². The molecule has 1 unspecified atom stereocenters. The third kappa shape index (κ3) is 2.83. The van der Waals surface area contributed by atoms with Gasteiger partial charge < -0.3 is 19.8 Å². The monoisotopic (exact) mass is 323 g/mol. The molecule has 130 valence electrons. The number of rotatable bonds is 3. The number of carbonyl (C=O) groups excluding carboxylic acids is 1. The summed E-state index contributed by atoms with van der Waals surface area (Å²) in [5.41, 5.74) is 5.71. The maximum atomic E-state index is 12.0. The molecule has 4 fully saturated rings. The topological polar surface area (TPSA) is 70.8 Å². The van der Waals surface area contributed by atoms with E-state index in [4.69, 9.17) is 19.8 Å². The SMILES string of the molecule is CC(C)(C)OC(=O)CC(N)B1O[C@@H]2C[C@@H]3C[C@@H](C3(C)C)[C@]2(C)O1. The lowest BCUT2D eigenvalue weighted by molar-refractivity contribution is -0.199. The van der Waals surface area contributed by atoms with Crippen LogP contribution in [0.15, 0.2) is 0 Å². The van der Waals surface area contributed by atoms with Crippen molar-refractivity contribution in [3.63, 3.8) is 0 Å². The average molecular weight is 323 g/mol. The van der Waals surface area contributed by atoms with Crippen LogP contribution in [0.2, 0.25) is 0 Å². The van der Waals surface area contributed by atoms with E-state index in [-0.39, 0.29) is 24.1 Å². The number of nitrogens with two attached hydrogens (primary N) is 1. The molecule has 2 N–H and O–H groups in total. The van der Waals surface area contributed by atoms with Crippen molar-refractivity contribution in [3.8, 4) is 0 Å². The fraction of sp³-hybridized carbons (Fsp3) is 0.941. The van der Waals surface area contributed by atoms with E-state index in [2.05, 4.69) is 20.8 Å².